The molecular weight excluding hydrogens is 393 g/mol. The molecule has 4 amide bonds. The molecule has 0 unspecified atom stereocenters. The number of benzene rings is 1. The van der Waals surface area contributed by atoms with Crippen molar-refractivity contribution in [3.05, 3.63) is 58.0 Å². The van der Waals surface area contributed by atoms with Gasteiger partial charge in [0.25, 0.3) is 5.91 Å². The number of urea groups is 1. The van der Waals surface area contributed by atoms with Gasteiger partial charge >= 0.3 is 6.03 Å². The predicted octanol–water partition coefficient (Wildman–Crippen LogP) is 3.70. The lowest BCUT2D eigenvalue weighted by Gasteiger charge is -2.27. The van der Waals surface area contributed by atoms with Crippen LogP contribution in [0.2, 0.25) is 0 Å². The van der Waals surface area contributed by atoms with Gasteiger partial charge in [-0.3, -0.25) is 14.5 Å². The number of unbranched alkanes of at least 4 members (excludes halogenated alkanes) is 1. The molecule has 1 fully saturated rings. The van der Waals surface area contributed by atoms with Crippen molar-refractivity contribution < 1.29 is 18.8 Å². The highest BCUT2D eigenvalue weighted by atomic mass is 32.1. The molecule has 2 atom stereocenters. The van der Waals surface area contributed by atoms with Crippen LogP contribution in [0.1, 0.15) is 49.6 Å². The van der Waals surface area contributed by atoms with Crippen molar-refractivity contribution in [1.29, 1.82) is 0 Å². The number of thiophene rings is 1. The fourth-order valence-corrected chi connectivity index (χ4v) is 4.23. The summed E-state index contributed by atoms with van der Waals surface area (Å²) in [5.74, 6) is -1.32. The number of rotatable bonds is 8. The van der Waals surface area contributed by atoms with Crippen LogP contribution in [0.25, 0.3) is 0 Å². The minimum atomic E-state index is -1.28. The van der Waals surface area contributed by atoms with Gasteiger partial charge in [0.1, 0.15) is 17.9 Å². The summed E-state index contributed by atoms with van der Waals surface area (Å²) in [5.41, 5.74) is -0.763. The highest BCUT2D eigenvalue weighted by Crippen LogP contribution is 2.34. The van der Waals surface area contributed by atoms with Gasteiger partial charge in [-0.1, -0.05) is 38.0 Å². The summed E-state index contributed by atoms with van der Waals surface area (Å²) in [6, 6.07) is 8.51. The lowest BCUT2D eigenvalue weighted by atomic mass is 9.85. The summed E-state index contributed by atoms with van der Waals surface area (Å²) in [7, 11) is 0. The van der Waals surface area contributed by atoms with Crippen LogP contribution in [0.4, 0.5) is 9.18 Å². The van der Waals surface area contributed by atoms with Crippen LogP contribution in [0.15, 0.2) is 41.8 Å². The summed E-state index contributed by atoms with van der Waals surface area (Å²) in [6.45, 7) is 3.46. The molecular formula is C21H24FN3O3S. The first-order valence-electron chi connectivity index (χ1n) is 9.60. The Morgan fingerprint density at radius 3 is 2.62 bits per heavy atom. The van der Waals surface area contributed by atoms with E-state index in [2.05, 4.69) is 10.6 Å². The van der Waals surface area contributed by atoms with Crippen molar-refractivity contribution in [1.82, 2.24) is 15.5 Å². The Kier molecular flexibility index (Phi) is 6.32. The Balaban J connectivity index is 1.78. The van der Waals surface area contributed by atoms with Crippen LogP contribution in [-0.4, -0.2) is 29.3 Å². The van der Waals surface area contributed by atoms with E-state index in [0.29, 0.717) is 18.4 Å². The summed E-state index contributed by atoms with van der Waals surface area (Å²) < 4.78 is 13.4. The van der Waals surface area contributed by atoms with Crippen LogP contribution in [0.3, 0.4) is 0 Å². The lowest BCUT2D eigenvalue weighted by molar-refractivity contribution is -0.135. The Bertz CT molecular complexity index is 885. The summed E-state index contributed by atoms with van der Waals surface area (Å²) in [6.07, 6.45) is 1.90. The highest BCUT2D eigenvalue weighted by molar-refractivity contribution is 7.10. The topological polar surface area (TPSA) is 78.5 Å². The molecule has 0 aliphatic carbocycles. The normalized spacial score (nSPS) is 19.9. The van der Waals surface area contributed by atoms with Crippen molar-refractivity contribution >= 4 is 29.2 Å². The minimum absolute atomic E-state index is 0.217. The number of amides is 4. The molecule has 1 aliphatic rings. The van der Waals surface area contributed by atoms with Gasteiger partial charge in [-0.2, -0.15) is 0 Å². The van der Waals surface area contributed by atoms with Crippen molar-refractivity contribution in [2.75, 3.05) is 6.54 Å². The van der Waals surface area contributed by atoms with E-state index in [1.54, 1.807) is 0 Å². The fourth-order valence-electron chi connectivity index (χ4n) is 3.49. The van der Waals surface area contributed by atoms with E-state index in [1.165, 1.54) is 35.6 Å². The van der Waals surface area contributed by atoms with Gasteiger partial charge in [-0.25, -0.2) is 9.18 Å². The van der Waals surface area contributed by atoms with Gasteiger partial charge in [0.15, 0.2) is 0 Å². The maximum atomic E-state index is 13.4. The van der Waals surface area contributed by atoms with Crippen molar-refractivity contribution in [3.8, 4) is 0 Å². The SMILES string of the molecule is CCCC[C@]1(c2ccc(F)cc2)NC(=O)N(CC(=O)N[C@H](C)c2cccs2)C1=O. The second-order valence-electron chi connectivity index (χ2n) is 7.14. The molecule has 2 N–H and O–H groups in total. The van der Waals surface area contributed by atoms with E-state index < -0.39 is 29.2 Å². The number of nitrogens with zero attached hydrogens (tertiary/aromatic N) is 1. The number of hydrogen-bond donors (Lipinski definition) is 2. The number of hydrogen-bond acceptors (Lipinski definition) is 4. The fraction of sp³-hybridized carbons (Fsp3) is 0.381. The molecule has 2 aromatic rings. The molecule has 1 saturated heterocycles. The molecule has 29 heavy (non-hydrogen) atoms. The lowest BCUT2D eigenvalue weighted by Crippen LogP contribution is -2.45. The van der Waals surface area contributed by atoms with E-state index in [4.69, 9.17) is 0 Å². The van der Waals surface area contributed by atoms with Crippen LogP contribution < -0.4 is 10.6 Å². The zero-order valence-electron chi connectivity index (χ0n) is 16.4. The van der Waals surface area contributed by atoms with E-state index in [9.17, 15) is 18.8 Å². The Hall–Kier alpha value is -2.74. The van der Waals surface area contributed by atoms with Crippen LogP contribution in [-0.2, 0) is 15.1 Å². The molecule has 2 heterocycles. The number of imide groups is 1. The molecule has 8 heteroatoms. The first-order valence-corrected chi connectivity index (χ1v) is 10.5. The minimum Gasteiger partial charge on any atom is -0.347 e. The third kappa shape index (κ3) is 4.32. The molecule has 0 saturated carbocycles. The Morgan fingerprint density at radius 1 is 1.28 bits per heavy atom. The molecule has 1 aromatic heterocycles. The highest BCUT2D eigenvalue weighted by Gasteiger charge is 2.52. The summed E-state index contributed by atoms with van der Waals surface area (Å²) in [5, 5.41) is 7.49. The Labute approximate surface area is 173 Å². The second-order valence-corrected chi connectivity index (χ2v) is 8.12. The number of carbonyl (C=O) groups is 3. The quantitative estimate of drug-likeness (QED) is 0.643. The maximum absolute atomic E-state index is 13.4. The average Bonchev–Trinajstić information content (AvgIpc) is 3.31. The molecule has 1 aliphatic heterocycles. The molecule has 3 rings (SSSR count). The molecule has 0 spiro atoms. The summed E-state index contributed by atoms with van der Waals surface area (Å²) in [4.78, 5) is 40.2. The van der Waals surface area contributed by atoms with Crippen LogP contribution >= 0.6 is 11.3 Å². The number of halogens is 1. The van der Waals surface area contributed by atoms with E-state index in [0.717, 1.165) is 16.2 Å². The van der Waals surface area contributed by atoms with E-state index >= 15 is 0 Å². The smallest absolute Gasteiger partial charge is 0.325 e. The van der Waals surface area contributed by atoms with Gasteiger partial charge in [-0.05, 0) is 42.5 Å². The third-order valence-electron chi connectivity index (χ3n) is 5.07. The number of nitrogens with one attached hydrogen (secondary N) is 2. The third-order valence-corrected chi connectivity index (χ3v) is 6.12. The van der Waals surface area contributed by atoms with E-state index in [-0.39, 0.29) is 12.6 Å². The van der Waals surface area contributed by atoms with Gasteiger partial charge in [0, 0.05) is 4.88 Å². The monoisotopic (exact) mass is 417 g/mol. The van der Waals surface area contributed by atoms with Crippen molar-refractivity contribution in [2.24, 2.45) is 0 Å². The predicted molar refractivity (Wildman–Crippen MR) is 109 cm³/mol. The number of carbonyl (C=O) groups excluding carboxylic acids is 3. The summed E-state index contributed by atoms with van der Waals surface area (Å²) >= 11 is 1.52. The van der Waals surface area contributed by atoms with Gasteiger partial charge < -0.3 is 10.6 Å². The standard InChI is InChI=1S/C21H24FN3O3S/c1-3-4-11-21(15-7-9-16(22)10-8-15)19(27)25(20(28)24-21)13-18(26)23-14(2)17-6-5-12-29-17/h5-10,12,14H,3-4,11,13H2,1-2H3,(H,23,26)(H,24,28)/t14-,21-/m1/s1. The molecule has 6 nitrogen and oxygen atoms in total. The Morgan fingerprint density at radius 2 is 2.00 bits per heavy atom. The molecule has 0 bridgehead atoms. The van der Waals surface area contributed by atoms with Gasteiger partial charge in [0.2, 0.25) is 5.91 Å². The van der Waals surface area contributed by atoms with Gasteiger partial charge in [0.05, 0.1) is 6.04 Å². The molecule has 154 valence electrons. The van der Waals surface area contributed by atoms with Crippen LogP contribution in [0, 0.1) is 5.82 Å². The maximum Gasteiger partial charge on any atom is 0.325 e. The second kappa shape index (κ2) is 8.73. The van der Waals surface area contributed by atoms with Crippen molar-refractivity contribution in [3.63, 3.8) is 0 Å². The average molecular weight is 418 g/mol. The first kappa shape index (κ1) is 21.0. The molecule has 1 aromatic carbocycles. The van der Waals surface area contributed by atoms with Crippen LogP contribution in [0.5, 0.6) is 0 Å². The van der Waals surface area contributed by atoms with E-state index in [1.807, 2.05) is 31.4 Å². The first-order chi connectivity index (χ1) is 13.9. The van der Waals surface area contributed by atoms with Gasteiger partial charge in [-0.15, -0.1) is 11.3 Å². The zero-order chi connectivity index (χ0) is 21.0. The molecule has 0 radical (unpaired) electrons. The zero-order valence-corrected chi connectivity index (χ0v) is 17.2. The van der Waals surface area contributed by atoms with Crippen molar-refractivity contribution in [2.45, 2.75) is 44.7 Å². The largest absolute Gasteiger partial charge is 0.347 e.